The normalized spacial score (nSPS) is 11.2. The molecule has 0 aliphatic heterocycles. The number of benzene rings is 3. The van der Waals surface area contributed by atoms with Gasteiger partial charge in [-0.25, -0.2) is 9.97 Å². The Bertz CT molecular complexity index is 1520. The van der Waals surface area contributed by atoms with E-state index >= 15 is 0 Å². The van der Waals surface area contributed by atoms with Gasteiger partial charge < -0.3 is 0 Å². The van der Waals surface area contributed by atoms with Crippen molar-refractivity contribution in [3.05, 3.63) is 116 Å². The summed E-state index contributed by atoms with van der Waals surface area (Å²) in [5.41, 5.74) is 6.86. The molecule has 0 fully saturated rings. The summed E-state index contributed by atoms with van der Waals surface area (Å²) in [4.78, 5) is 9.24. The Morgan fingerprint density at radius 3 is 2.06 bits per heavy atom. The molecule has 0 bridgehead atoms. The lowest BCUT2D eigenvalue weighted by molar-refractivity contribution is 1.06. The number of rotatable bonds is 3. The zero-order chi connectivity index (χ0) is 20.6. The summed E-state index contributed by atoms with van der Waals surface area (Å²) in [7, 11) is 0. The number of nitrogens with zero attached hydrogens (tertiary/aromatic N) is 3. The predicted octanol–water partition coefficient (Wildman–Crippen LogP) is 6.91. The highest BCUT2D eigenvalue weighted by atomic mass is 15.1. The van der Waals surface area contributed by atoms with E-state index in [1.54, 1.807) is 0 Å². The van der Waals surface area contributed by atoms with E-state index in [9.17, 15) is 0 Å². The summed E-state index contributed by atoms with van der Waals surface area (Å²) in [5.74, 6) is 0.875. The fraction of sp³-hybridized carbons (Fsp3) is 0. The Hall–Kier alpha value is -4.24. The SMILES string of the molecule is c1ccc(-c2cccc(-c3ccc4c(c3)c3cccnc3n4-c3ccccn3)c2)cc1. The van der Waals surface area contributed by atoms with Crippen LogP contribution in [0.5, 0.6) is 0 Å². The molecular formula is C28H19N3. The van der Waals surface area contributed by atoms with Crippen molar-refractivity contribution in [2.75, 3.05) is 0 Å². The van der Waals surface area contributed by atoms with E-state index in [1.807, 2.05) is 42.7 Å². The van der Waals surface area contributed by atoms with Crippen LogP contribution in [0.2, 0.25) is 0 Å². The number of fused-ring (bicyclic) bond motifs is 3. The first-order valence-electron chi connectivity index (χ1n) is 10.3. The molecule has 146 valence electrons. The van der Waals surface area contributed by atoms with Crippen LogP contribution >= 0.6 is 0 Å². The largest absolute Gasteiger partial charge is 0.278 e. The van der Waals surface area contributed by atoms with Gasteiger partial charge in [0, 0.05) is 23.2 Å². The zero-order valence-corrected chi connectivity index (χ0v) is 16.8. The predicted molar refractivity (Wildman–Crippen MR) is 127 cm³/mol. The van der Waals surface area contributed by atoms with Crippen LogP contribution in [-0.2, 0) is 0 Å². The number of hydrogen-bond acceptors (Lipinski definition) is 2. The molecule has 0 aliphatic rings. The van der Waals surface area contributed by atoms with Crippen molar-refractivity contribution in [1.29, 1.82) is 0 Å². The number of pyridine rings is 2. The molecule has 0 saturated heterocycles. The molecule has 3 nitrogen and oxygen atoms in total. The van der Waals surface area contributed by atoms with E-state index in [0.29, 0.717) is 0 Å². The summed E-state index contributed by atoms with van der Waals surface area (Å²) in [6.45, 7) is 0. The van der Waals surface area contributed by atoms with Crippen LogP contribution in [0, 0.1) is 0 Å². The van der Waals surface area contributed by atoms with Gasteiger partial charge in [0.15, 0.2) is 0 Å². The summed E-state index contributed by atoms with van der Waals surface area (Å²) in [5, 5.41) is 2.31. The molecule has 0 aliphatic carbocycles. The number of aromatic nitrogens is 3. The first-order valence-corrected chi connectivity index (χ1v) is 10.3. The minimum Gasteiger partial charge on any atom is -0.278 e. The molecule has 31 heavy (non-hydrogen) atoms. The Morgan fingerprint density at radius 2 is 1.23 bits per heavy atom. The molecule has 0 N–H and O–H groups in total. The van der Waals surface area contributed by atoms with Crippen molar-refractivity contribution in [1.82, 2.24) is 14.5 Å². The maximum Gasteiger partial charge on any atom is 0.146 e. The van der Waals surface area contributed by atoms with E-state index < -0.39 is 0 Å². The monoisotopic (exact) mass is 397 g/mol. The molecule has 3 heteroatoms. The molecule has 0 spiro atoms. The Labute approximate surface area is 180 Å². The quantitative estimate of drug-likeness (QED) is 0.325. The van der Waals surface area contributed by atoms with E-state index in [2.05, 4.69) is 87.3 Å². The van der Waals surface area contributed by atoms with Crippen molar-refractivity contribution in [3.63, 3.8) is 0 Å². The lowest BCUT2D eigenvalue weighted by Crippen LogP contribution is -1.97. The molecule has 6 aromatic rings. The van der Waals surface area contributed by atoms with Crippen LogP contribution < -0.4 is 0 Å². The molecule has 0 amide bonds. The second kappa shape index (κ2) is 7.22. The standard InChI is InChI=1S/C28H19N3/c1-2-8-20(9-3-1)21-10-6-11-22(18-21)23-14-15-26-25(19-23)24-12-7-17-30-28(24)31(26)27-13-4-5-16-29-27/h1-19H. The fourth-order valence-electron chi connectivity index (χ4n) is 4.25. The first kappa shape index (κ1) is 17.6. The van der Waals surface area contributed by atoms with Gasteiger partial charge in [-0.15, -0.1) is 0 Å². The fourth-order valence-corrected chi connectivity index (χ4v) is 4.25. The highest BCUT2D eigenvalue weighted by Crippen LogP contribution is 2.34. The molecule has 0 atom stereocenters. The maximum atomic E-state index is 4.67. The molecular weight excluding hydrogens is 378 g/mol. The topological polar surface area (TPSA) is 30.7 Å². The minimum atomic E-state index is 0.875. The lowest BCUT2D eigenvalue weighted by atomic mass is 9.98. The molecule has 0 saturated carbocycles. The van der Waals surface area contributed by atoms with Crippen molar-refractivity contribution < 1.29 is 0 Å². The molecule has 6 rings (SSSR count). The smallest absolute Gasteiger partial charge is 0.146 e. The van der Waals surface area contributed by atoms with Gasteiger partial charge in [0.2, 0.25) is 0 Å². The van der Waals surface area contributed by atoms with E-state index in [-0.39, 0.29) is 0 Å². The van der Waals surface area contributed by atoms with E-state index in [0.717, 1.165) is 22.4 Å². The van der Waals surface area contributed by atoms with Crippen molar-refractivity contribution >= 4 is 21.9 Å². The van der Waals surface area contributed by atoms with Gasteiger partial charge in [-0.05, 0) is 64.7 Å². The van der Waals surface area contributed by atoms with E-state index in [4.69, 9.17) is 0 Å². The van der Waals surface area contributed by atoms with Crippen LogP contribution in [0.4, 0.5) is 0 Å². The zero-order valence-electron chi connectivity index (χ0n) is 16.8. The lowest BCUT2D eigenvalue weighted by Gasteiger charge is -2.08. The van der Waals surface area contributed by atoms with Crippen molar-refractivity contribution in [3.8, 4) is 28.1 Å². The first-order chi connectivity index (χ1) is 15.4. The second-order valence-corrected chi connectivity index (χ2v) is 7.58. The molecule has 3 heterocycles. The third kappa shape index (κ3) is 2.99. The Kier molecular flexibility index (Phi) is 4.10. The summed E-state index contributed by atoms with van der Waals surface area (Å²) in [6, 6.07) is 35.9. The van der Waals surface area contributed by atoms with Gasteiger partial charge in [0.05, 0.1) is 5.52 Å². The highest BCUT2D eigenvalue weighted by molar-refractivity contribution is 6.09. The second-order valence-electron chi connectivity index (χ2n) is 7.58. The van der Waals surface area contributed by atoms with Crippen LogP contribution in [0.15, 0.2) is 116 Å². The average molecular weight is 397 g/mol. The van der Waals surface area contributed by atoms with Crippen LogP contribution in [0.25, 0.3) is 50.0 Å². The van der Waals surface area contributed by atoms with Crippen LogP contribution in [0.3, 0.4) is 0 Å². The van der Waals surface area contributed by atoms with E-state index in [1.165, 1.54) is 27.6 Å². The van der Waals surface area contributed by atoms with Crippen molar-refractivity contribution in [2.45, 2.75) is 0 Å². The third-order valence-corrected chi connectivity index (χ3v) is 5.71. The van der Waals surface area contributed by atoms with Gasteiger partial charge in [0.25, 0.3) is 0 Å². The van der Waals surface area contributed by atoms with Crippen LogP contribution in [0.1, 0.15) is 0 Å². The Morgan fingerprint density at radius 1 is 0.484 bits per heavy atom. The summed E-state index contributed by atoms with van der Waals surface area (Å²) < 4.78 is 2.13. The maximum absolute atomic E-state index is 4.67. The van der Waals surface area contributed by atoms with Crippen molar-refractivity contribution in [2.24, 2.45) is 0 Å². The van der Waals surface area contributed by atoms with Gasteiger partial charge in [-0.3, -0.25) is 4.57 Å². The third-order valence-electron chi connectivity index (χ3n) is 5.71. The highest BCUT2D eigenvalue weighted by Gasteiger charge is 2.14. The van der Waals surface area contributed by atoms with Gasteiger partial charge in [0.1, 0.15) is 11.5 Å². The van der Waals surface area contributed by atoms with Gasteiger partial charge >= 0.3 is 0 Å². The molecule has 3 aromatic carbocycles. The van der Waals surface area contributed by atoms with Gasteiger partial charge in [-0.1, -0.05) is 60.7 Å². The number of hydrogen-bond donors (Lipinski definition) is 0. The average Bonchev–Trinajstić information content (AvgIpc) is 3.19. The van der Waals surface area contributed by atoms with Crippen LogP contribution in [-0.4, -0.2) is 14.5 Å². The summed E-state index contributed by atoms with van der Waals surface area (Å²) in [6.07, 6.45) is 3.66. The molecule has 3 aromatic heterocycles. The molecule has 0 unspecified atom stereocenters. The Balaban J connectivity index is 1.56. The molecule has 0 radical (unpaired) electrons. The summed E-state index contributed by atoms with van der Waals surface area (Å²) >= 11 is 0. The minimum absolute atomic E-state index is 0.875. The van der Waals surface area contributed by atoms with Gasteiger partial charge in [-0.2, -0.15) is 0 Å².